The molecule has 0 aliphatic carbocycles. The molecule has 2 aromatic rings. The molecule has 0 saturated heterocycles. The highest BCUT2D eigenvalue weighted by Gasteiger charge is 2.22. The van der Waals surface area contributed by atoms with Crippen LogP contribution in [-0.2, 0) is 9.53 Å². The minimum atomic E-state index is -0.639. The summed E-state index contributed by atoms with van der Waals surface area (Å²) in [6, 6.07) is 13.0. The molecule has 0 bridgehead atoms. The van der Waals surface area contributed by atoms with Gasteiger partial charge in [0.1, 0.15) is 5.75 Å². The topological polar surface area (TPSA) is 76.7 Å². The van der Waals surface area contributed by atoms with Crippen LogP contribution in [0.4, 0.5) is 10.5 Å². The number of methoxy groups -OCH3 is 1. The van der Waals surface area contributed by atoms with Gasteiger partial charge in [-0.15, -0.1) is 0 Å². The van der Waals surface area contributed by atoms with Crippen molar-refractivity contribution in [3.63, 3.8) is 0 Å². The lowest BCUT2D eigenvalue weighted by Crippen LogP contribution is -2.34. The fraction of sp³-hybridized carbons (Fsp3) is 0.300. The molecule has 0 fully saturated rings. The molecule has 0 radical (unpaired) electrons. The highest BCUT2D eigenvalue weighted by atomic mass is 35.5. The van der Waals surface area contributed by atoms with Gasteiger partial charge in [-0.25, -0.2) is 4.79 Å². The molecule has 27 heavy (non-hydrogen) atoms. The number of esters is 1. The highest BCUT2D eigenvalue weighted by Crippen LogP contribution is 2.27. The van der Waals surface area contributed by atoms with Crippen molar-refractivity contribution in [2.24, 2.45) is 0 Å². The second-order valence-electron chi connectivity index (χ2n) is 6.12. The van der Waals surface area contributed by atoms with Crippen molar-refractivity contribution in [3.8, 4) is 5.75 Å². The zero-order chi connectivity index (χ0) is 19.8. The van der Waals surface area contributed by atoms with Crippen molar-refractivity contribution in [1.82, 2.24) is 5.32 Å². The maximum absolute atomic E-state index is 12.5. The van der Waals surface area contributed by atoms with E-state index in [0.717, 1.165) is 0 Å². The molecular weight excluding hydrogens is 368 g/mol. The van der Waals surface area contributed by atoms with Gasteiger partial charge < -0.3 is 20.1 Å². The first kappa shape index (κ1) is 20.6. The lowest BCUT2D eigenvalue weighted by molar-refractivity contribution is -0.147. The number of para-hydroxylation sites is 2. The summed E-state index contributed by atoms with van der Waals surface area (Å²) in [6.07, 6.45) is -0.284. The van der Waals surface area contributed by atoms with Gasteiger partial charge in [0, 0.05) is 5.02 Å². The van der Waals surface area contributed by atoms with E-state index < -0.39 is 18.0 Å². The summed E-state index contributed by atoms with van der Waals surface area (Å²) < 4.78 is 10.4. The van der Waals surface area contributed by atoms with Crippen LogP contribution in [0.15, 0.2) is 48.5 Å². The fourth-order valence-electron chi connectivity index (χ4n) is 2.54. The summed E-state index contributed by atoms with van der Waals surface area (Å²) in [7, 11) is 1.52. The Bertz CT molecular complexity index is 795. The van der Waals surface area contributed by atoms with Gasteiger partial charge >= 0.3 is 12.0 Å². The number of carbonyl (C=O) groups excluding carboxylic acids is 2. The van der Waals surface area contributed by atoms with Gasteiger partial charge in [0.25, 0.3) is 0 Å². The van der Waals surface area contributed by atoms with Crippen molar-refractivity contribution in [1.29, 1.82) is 0 Å². The predicted octanol–water partition coefficient (Wildman–Crippen LogP) is 4.55. The third kappa shape index (κ3) is 6.18. The second-order valence-corrected chi connectivity index (χ2v) is 6.52. The highest BCUT2D eigenvalue weighted by molar-refractivity contribution is 6.31. The Hall–Kier alpha value is -2.73. The largest absolute Gasteiger partial charge is 0.495 e. The number of nitrogens with one attached hydrogen (secondary N) is 2. The number of amides is 2. The molecule has 2 amide bonds. The Labute approximate surface area is 163 Å². The van der Waals surface area contributed by atoms with Crippen molar-refractivity contribution >= 4 is 29.3 Å². The summed E-state index contributed by atoms with van der Waals surface area (Å²) in [6.45, 7) is 3.54. The number of rotatable bonds is 7. The molecule has 144 valence electrons. The number of ether oxygens (including phenoxy) is 2. The first-order chi connectivity index (χ1) is 12.9. The lowest BCUT2D eigenvalue weighted by Gasteiger charge is -2.21. The molecule has 0 saturated carbocycles. The lowest BCUT2D eigenvalue weighted by atomic mass is 10.0. The third-order valence-electron chi connectivity index (χ3n) is 3.68. The summed E-state index contributed by atoms with van der Waals surface area (Å²) in [5.41, 5.74) is 1.15. The van der Waals surface area contributed by atoms with Crippen molar-refractivity contribution in [3.05, 3.63) is 59.1 Å². The molecule has 0 spiro atoms. The number of hydrogen-bond donors (Lipinski definition) is 2. The van der Waals surface area contributed by atoms with Gasteiger partial charge in [-0.2, -0.15) is 0 Å². The molecule has 0 heterocycles. The zero-order valence-electron chi connectivity index (χ0n) is 15.5. The van der Waals surface area contributed by atoms with E-state index in [-0.39, 0.29) is 12.5 Å². The van der Waals surface area contributed by atoms with Crippen LogP contribution in [-0.4, -0.2) is 25.2 Å². The first-order valence-electron chi connectivity index (χ1n) is 8.55. The molecule has 2 N–H and O–H groups in total. The monoisotopic (exact) mass is 390 g/mol. The van der Waals surface area contributed by atoms with Crippen LogP contribution in [0.25, 0.3) is 0 Å². The Kier molecular flexibility index (Phi) is 7.49. The maximum atomic E-state index is 12.5. The van der Waals surface area contributed by atoms with E-state index >= 15 is 0 Å². The van der Waals surface area contributed by atoms with Crippen molar-refractivity contribution < 1.29 is 19.1 Å². The predicted molar refractivity (Wildman–Crippen MR) is 105 cm³/mol. The van der Waals surface area contributed by atoms with Gasteiger partial charge in [0.2, 0.25) is 0 Å². The van der Waals surface area contributed by atoms with E-state index in [9.17, 15) is 9.59 Å². The number of benzene rings is 2. The zero-order valence-corrected chi connectivity index (χ0v) is 16.2. The molecule has 0 aliphatic heterocycles. The minimum absolute atomic E-state index is 0.0404. The number of hydrogen-bond acceptors (Lipinski definition) is 4. The summed E-state index contributed by atoms with van der Waals surface area (Å²) in [4.78, 5) is 24.6. The number of halogens is 1. The average molecular weight is 391 g/mol. The average Bonchev–Trinajstić information content (AvgIpc) is 2.61. The Balaban J connectivity index is 2.17. The third-order valence-corrected chi connectivity index (χ3v) is 4.02. The van der Waals surface area contributed by atoms with E-state index in [1.807, 2.05) is 0 Å². The molecule has 0 unspecified atom stereocenters. The maximum Gasteiger partial charge on any atom is 0.319 e. The SMILES string of the molecule is COc1ccccc1NC(=O)N[C@H](CC(=O)OC(C)C)c1ccccc1Cl. The van der Waals surface area contributed by atoms with Crippen LogP contribution in [0.3, 0.4) is 0 Å². The molecule has 6 nitrogen and oxygen atoms in total. The molecular formula is C20H23ClN2O4. The molecule has 2 rings (SSSR count). The van der Waals surface area contributed by atoms with Crippen LogP contribution in [0.2, 0.25) is 5.02 Å². The Morgan fingerprint density at radius 3 is 2.41 bits per heavy atom. The van der Waals surface area contributed by atoms with Gasteiger partial charge in [0.05, 0.1) is 31.4 Å². The van der Waals surface area contributed by atoms with Crippen molar-refractivity contribution in [2.45, 2.75) is 32.4 Å². The molecule has 1 atom stereocenters. The smallest absolute Gasteiger partial charge is 0.319 e. The van der Waals surface area contributed by atoms with E-state index in [4.69, 9.17) is 21.1 Å². The molecule has 0 aliphatic rings. The summed E-state index contributed by atoms with van der Waals surface area (Å²) >= 11 is 6.26. The van der Waals surface area contributed by atoms with Crippen LogP contribution in [0.5, 0.6) is 5.75 Å². The number of anilines is 1. The van der Waals surface area contributed by atoms with E-state index in [0.29, 0.717) is 22.0 Å². The summed E-state index contributed by atoms with van der Waals surface area (Å²) in [5, 5.41) is 5.97. The fourth-order valence-corrected chi connectivity index (χ4v) is 2.81. The van der Waals surface area contributed by atoms with Gasteiger partial charge in [-0.3, -0.25) is 4.79 Å². The normalized spacial score (nSPS) is 11.6. The van der Waals surface area contributed by atoms with E-state index in [2.05, 4.69) is 10.6 Å². The second kappa shape index (κ2) is 9.83. The van der Waals surface area contributed by atoms with Crippen molar-refractivity contribution in [2.75, 3.05) is 12.4 Å². The molecule has 2 aromatic carbocycles. The van der Waals surface area contributed by atoms with Crippen LogP contribution < -0.4 is 15.4 Å². The number of carbonyl (C=O) groups is 2. The summed E-state index contributed by atoms with van der Waals surface area (Å²) in [5.74, 6) is 0.105. The van der Waals surface area contributed by atoms with Crippen LogP contribution in [0.1, 0.15) is 31.9 Å². The van der Waals surface area contributed by atoms with E-state index in [1.54, 1.807) is 62.4 Å². The van der Waals surface area contributed by atoms with Crippen LogP contribution in [0, 0.1) is 0 Å². The Morgan fingerprint density at radius 1 is 1.07 bits per heavy atom. The standard InChI is InChI=1S/C20H23ClN2O4/c1-13(2)27-19(24)12-17(14-8-4-5-9-15(14)21)23-20(25)22-16-10-6-7-11-18(16)26-3/h4-11,13,17H,12H2,1-3H3,(H2,22,23,25)/t17-/m1/s1. The number of urea groups is 1. The van der Waals surface area contributed by atoms with Crippen LogP contribution >= 0.6 is 11.6 Å². The van der Waals surface area contributed by atoms with Gasteiger partial charge in [-0.05, 0) is 37.6 Å². The first-order valence-corrected chi connectivity index (χ1v) is 8.93. The van der Waals surface area contributed by atoms with Gasteiger partial charge in [-0.1, -0.05) is 41.9 Å². The van der Waals surface area contributed by atoms with Gasteiger partial charge in [0.15, 0.2) is 0 Å². The molecule has 0 aromatic heterocycles. The molecule has 7 heteroatoms. The van der Waals surface area contributed by atoms with E-state index in [1.165, 1.54) is 7.11 Å². The minimum Gasteiger partial charge on any atom is -0.495 e. The Morgan fingerprint density at radius 2 is 1.74 bits per heavy atom. The quantitative estimate of drug-likeness (QED) is 0.680.